The van der Waals surface area contributed by atoms with E-state index in [1.807, 2.05) is 41.8 Å². The second-order valence-electron chi connectivity index (χ2n) is 8.46. The largest absolute Gasteiger partial charge is 0.464 e. The van der Waals surface area contributed by atoms with Gasteiger partial charge in [-0.1, -0.05) is 19.1 Å². The van der Waals surface area contributed by atoms with E-state index in [9.17, 15) is 9.90 Å². The molecule has 0 radical (unpaired) electrons. The third kappa shape index (κ3) is 3.25. The molecule has 0 spiro atoms. The number of pyridine rings is 1. The molecule has 1 fully saturated rings. The van der Waals surface area contributed by atoms with E-state index in [4.69, 9.17) is 9.83 Å². The van der Waals surface area contributed by atoms with Crippen LogP contribution in [-0.4, -0.2) is 33.8 Å². The Morgan fingerprint density at radius 2 is 2.12 bits per heavy atom. The van der Waals surface area contributed by atoms with Crippen molar-refractivity contribution in [3.05, 3.63) is 76.3 Å². The van der Waals surface area contributed by atoms with Crippen LogP contribution in [0.1, 0.15) is 35.4 Å². The van der Waals surface area contributed by atoms with Crippen molar-refractivity contribution in [1.82, 2.24) is 9.88 Å². The van der Waals surface area contributed by atoms with Crippen molar-refractivity contribution >= 4 is 34.0 Å². The molecule has 2 atom stereocenters. The minimum Gasteiger partial charge on any atom is -0.464 e. The fourth-order valence-corrected chi connectivity index (χ4v) is 5.67. The Balaban J connectivity index is 1.61. The first kappa shape index (κ1) is 20.6. The molecule has 1 aliphatic rings. The summed E-state index contributed by atoms with van der Waals surface area (Å²) in [5.74, 6) is -0.195. The summed E-state index contributed by atoms with van der Waals surface area (Å²) in [6.45, 7) is 1.96. The van der Waals surface area contributed by atoms with E-state index in [1.54, 1.807) is 30.7 Å². The lowest BCUT2D eigenvalue weighted by Gasteiger charge is -2.44. The molecule has 7 heteroatoms. The molecule has 5 rings (SSSR count). The summed E-state index contributed by atoms with van der Waals surface area (Å²) in [6, 6.07) is 15.4. The molecule has 0 saturated carbocycles. The number of nitrogens with one attached hydrogen (secondary N) is 1. The van der Waals surface area contributed by atoms with Gasteiger partial charge in [0, 0.05) is 40.1 Å². The average molecular weight is 446 g/mol. The number of benzene rings is 1. The fraction of sp³-hybridized carbons (Fsp3) is 0.240. The van der Waals surface area contributed by atoms with Crippen molar-refractivity contribution in [2.75, 3.05) is 7.05 Å². The smallest absolute Gasteiger partial charge is 0.236 e. The van der Waals surface area contributed by atoms with Crippen molar-refractivity contribution in [2.45, 2.75) is 31.3 Å². The van der Waals surface area contributed by atoms with Gasteiger partial charge in [0.1, 0.15) is 11.4 Å². The van der Waals surface area contributed by atoms with Crippen LogP contribution >= 0.6 is 11.3 Å². The number of aromatic nitrogens is 1. The number of furan rings is 1. The molecule has 162 valence electrons. The van der Waals surface area contributed by atoms with Crippen molar-refractivity contribution in [2.24, 2.45) is 0 Å². The molecular weight excluding hydrogens is 422 g/mol. The summed E-state index contributed by atoms with van der Waals surface area (Å²) in [4.78, 5) is 20.5. The standard InChI is InChI=1S/C25H23N3O3S/c1-25(21-11-17(14-32-21)19-5-3-4-18(13-29)27-19)12-22(26)28(2)24(30)23(25)16-6-7-20-15(10-16)8-9-31-20/h3-11,14,23,26,29H,12-13H2,1-2H3/t23?,25-/m1/s1. The zero-order valence-electron chi connectivity index (χ0n) is 17.8. The summed E-state index contributed by atoms with van der Waals surface area (Å²) < 4.78 is 5.48. The Morgan fingerprint density at radius 3 is 2.94 bits per heavy atom. The number of aliphatic hydroxyl groups is 1. The molecule has 1 unspecified atom stereocenters. The van der Waals surface area contributed by atoms with E-state index in [-0.39, 0.29) is 12.5 Å². The number of fused-ring (bicyclic) bond motifs is 1. The Hall–Kier alpha value is -3.29. The average Bonchev–Trinajstić information content (AvgIpc) is 3.47. The van der Waals surface area contributed by atoms with Crippen LogP contribution in [0.15, 0.2) is 64.6 Å². The Morgan fingerprint density at radius 1 is 1.28 bits per heavy atom. The molecule has 2 N–H and O–H groups in total. The number of likely N-dealkylation sites (tertiary alicyclic amines) is 1. The number of rotatable bonds is 4. The molecular formula is C25H23N3O3S. The lowest BCUT2D eigenvalue weighted by atomic mass is 9.67. The van der Waals surface area contributed by atoms with Gasteiger partial charge in [0.2, 0.25) is 5.91 Å². The number of likely N-dealkylation sites (N-methyl/N-ethyl adjacent to an activating group) is 1. The first-order chi connectivity index (χ1) is 15.4. The van der Waals surface area contributed by atoms with Crippen LogP contribution < -0.4 is 0 Å². The van der Waals surface area contributed by atoms with E-state index in [1.165, 1.54) is 4.90 Å². The van der Waals surface area contributed by atoms with Gasteiger partial charge in [-0.2, -0.15) is 0 Å². The monoisotopic (exact) mass is 445 g/mol. The molecule has 6 nitrogen and oxygen atoms in total. The van der Waals surface area contributed by atoms with Crippen LogP contribution in [0.4, 0.5) is 0 Å². The van der Waals surface area contributed by atoms with Gasteiger partial charge in [-0.25, -0.2) is 0 Å². The van der Waals surface area contributed by atoms with E-state index >= 15 is 0 Å². The lowest BCUT2D eigenvalue weighted by molar-refractivity contribution is -0.131. The lowest BCUT2D eigenvalue weighted by Crippen LogP contribution is -2.51. The SMILES string of the molecule is CN1C(=N)C[C@](C)(c2cc(-c3cccc(CO)n3)cs2)C(c2ccc3occc3c2)C1=O. The van der Waals surface area contributed by atoms with Gasteiger partial charge in [-0.3, -0.25) is 15.2 Å². The highest BCUT2D eigenvalue weighted by Crippen LogP contribution is 2.49. The van der Waals surface area contributed by atoms with Gasteiger partial charge < -0.3 is 14.4 Å². The number of amides is 1. The van der Waals surface area contributed by atoms with E-state index < -0.39 is 11.3 Å². The first-order valence-electron chi connectivity index (χ1n) is 10.4. The van der Waals surface area contributed by atoms with Crippen LogP contribution in [0, 0.1) is 5.41 Å². The van der Waals surface area contributed by atoms with Crippen molar-refractivity contribution < 1.29 is 14.3 Å². The Labute approximate surface area is 189 Å². The zero-order chi connectivity index (χ0) is 22.5. The van der Waals surface area contributed by atoms with Crippen LogP contribution in [0.25, 0.3) is 22.2 Å². The number of carbonyl (C=O) groups is 1. The summed E-state index contributed by atoms with van der Waals surface area (Å²) in [7, 11) is 1.68. The van der Waals surface area contributed by atoms with Crippen LogP contribution in [0.5, 0.6) is 0 Å². The molecule has 4 heterocycles. The minimum atomic E-state index is -0.574. The number of nitrogens with zero attached hydrogens (tertiary/aromatic N) is 2. The predicted octanol–water partition coefficient (Wildman–Crippen LogP) is 4.93. The van der Waals surface area contributed by atoms with Crippen LogP contribution in [-0.2, 0) is 16.8 Å². The molecule has 1 saturated heterocycles. The van der Waals surface area contributed by atoms with Crippen LogP contribution in [0.3, 0.4) is 0 Å². The Bertz CT molecular complexity index is 1340. The van der Waals surface area contributed by atoms with Crippen molar-refractivity contribution in [1.29, 1.82) is 5.41 Å². The van der Waals surface area contributed by atoms with Crippen LogP contribution in [0.2, 0.25) is 0 Å². The summed E-state index contributed by atoms with van der Waals surface area (Å²) >= 11 is 1.58. The van der Waals surface area contributed by atoms with Gasteiger partial charge in [-0.05, 0) is 42.0 Å². The normalized spacial score (nSPS) is 21.5. The number of amidine groups is 1. The quantitative estimate of drug-likeness (QED) is 0.466. The van der Waals surface area contributed by atoms with Crippen molar-refractivity contribution in [3.63, 3.8) is 0 Å². The van der Waals surface area contributed by atoms with E-state index in [2.05, 4.69) is 18.0 Å². The maximum Gasteiger partial charge on any atom is 0.236 e. The number of carbonyl (C=O) groups excluding carboxylic acids is 1. The summed E-state index contributed by atoms with van der Waals surface area (Å²) in [5.41, 5.74) is 3.48. The number of hydrogen-bond donors (Lipinski definition) is 2. The first-order valence-corrected chi connectivity index (χ1v) is 11.3. The van der Waals surface area contributed by atoms with Gasteiger partial charge in [0.15, 0.2) is 0 Å². The highest BCUT2D eigenvalue weighted by atomic mass is 32.1. The maximum atomic E-state index is 13.5. The second-order valence-corrected chi connectivity index (χ2v) is 9.37. The highest BCUT2D eigenvalue weighted by Gasteiger charge is 2.49. The highest BCUT2D eigenvalue weighted by molar-refractivity contribution is 7.10. The predicted molar refractivity (Wildman–Crippen MR) is 125 cm³/mol. The molecule has 32 heavy (non-hydrogen) atoms. The molecule has 0 bridgehead atoms. The number of hydrogen-bond acceptors (Lipinski definition) is 6. The van der Waals surface area contributed by atoms with E-state index in [0.717, 1.165) is 32.7 Å². The number of aliphatic hydroxyl groups excluding tert-OH is 1. The number of thiophene rings is 1. The fourth-order valence-electron chi connectivity index (χ4n) is 4.57. The molecule has 0 aliphatic carbocycles. The third-order valence-corrected chi connectivity index (χ3v) is 7.60. The zero-order valence-corrected chi connectivity index (χ0v) is 18.6. The molecule has 4 aromatic rings. The van der Waals surface area contributed by atoms with Crippen molar-refractivity contribution in [3.8, 4) is 11.3 Å². The van der Waals surface area contributed by atoms with Gasteiger partial charge in [0.25, 0.3) is 0 Å². The summed E-state index contributed by atoms with van der Waals surface area (Å²) in [6.07, 6.45) is 2.10. The molecule has 3 aromatic heterocycles. The number of piperidine rings is 1. The summed E-state index contributed by atoms with van der Waals surface area (Å²) in [5, 5.41) is 20.9. The minimum absolute atomic E-state index is 0.0815. The maximum absolute atomic E-state index is 13.5. The third-order valence-electron chi connectivity index (χ3n) is 6.39. The van der Waals surface area contributed by atoms with E-state index in [0.29, 0.717) is 18.0 Å². The Kier molecular flexibility index (Phi) is 4.95. The van der Waals surface area contributed by atoms with Gasteiger partial charge in [-0.15, -0.1) is 11.3 Å². The second kappa shape index (κ2) is 7.69. The topological polar surface area (TPSA) is 90.4 Å². The molecule has 1 amide bonds. The molecule has 1 aliphatic heterocycles. The molecule has 1 aromatic carbocycles. The van der Waals surface area contributed by atoms with Gasteiger partial charge >= 0.3 is 0 Å². The van der Waals surface area contributed by atoms with Gasteiger partial charge in [0.05, 0.1) is 30.2 Å².